The summed E-state index contributed by atoms with van der Waals surface area (Å²) in [6.07, 6.45) is 0.625. The lowest BCUT2D eigenvalue weighted by Gasteiger charge is -2.26. The van der Waals surface area contributed by atoms with Gasteiger partial charge in [-0.1, -0.05) is 37.3 Å². The maximum atomic E-state index is 13.6. The molecule has 0 saturated carbocycles. The molecule has 1 atom stereocenters. The van der Waals surface area contributed by atoms with Crippen LogP contribution >= 0.6 is 0 Å². The van der Waals surface area contributed by atoms with Crippen LogP contribution in [0.5, 0.6) is 17.2 Å². The average molecular weight is 499 g/mol. The number of hydrogen-bond acceptors (Lipinski definition) is 6. The van der Waals surface area contributed by atoms with Crippen LogP contribution in [0.4, 0.5) is 5.69 Å². The van der Waals surface area contributed by atoms with Crippen LogP contribution in [0.25, 0.3) is 0 Å². The summed E-state index contributed by atoms with van der Waals surface area (Å²) in [5, 5.41) is 2.95. The van der Waals surface area contributed by atoms with Gasteiger partial charge in [0.25, 0.3) is 10.0 Å². The molecule has 0 saturated heterocycles. The van der Waals surface area contributed by atoms with Crippen molar-refractivity contribution in [1.29, 1.82) is 0 Å². The summed E-state index contributed by atoms with van der Waals surface area (Å²) in [6, 6.07) is 19.8. The van der Waals surface area contributed by atoms with Crippen LogP contribution in [-0.2, 0) is 14.8 Å². The monoisotopic (exact) mass is 498 g/mol. The average Bonchev–Trinajstić information content (AvgIpc) is 2.90. The lowest BCUT2D eigenvalue weighted by Crippen LogP contribution is -2.42. The highest BCUT2D eigenvalue weighted by Gasteiger charge is 2.28. The molecule has 9 heteroatoms. The molecule has 0 aromatic heterocycles. The van der Waals surface area contributed by atoms with E-state index in [4.69, 9.17) is 14.2 Å². The Morgan fingerprint density at radius 1 is 0.886 bits per heavy atom. The van der Waals surface area contributed by atoms with Gasteiger partial charge in [0.2, 0.25) is 5.91 Å². The van der Waals surface area contributed by atoms with E-state index in [2.05, 4.69) is 5.32 Å². The summed E-state index contributed by atoms with van der Waals surface area (Å²) in [5.41, 5.74) is 1.17. The van der Waals surface area contributed by atoms with E-state index >= 15 is 0 Å². The molecule has 186 valence electrons. The topological polar surface area (TPSA) is 94.2 Å². The van der Waals surface area contributed by atoms with Crippen LogP contribution in [0.2, 0.25) is 0 Å². The SMILES string of the molecule is CC[C@H](NC(=O)CN(c1ccc(OC)c(OC)c1)S(=O)(=O)c1ccccc1)c1ccc(OC)cc1. The number of benzene rings is 3. The molecule has 0 aliphatic carbocycles. The Morgan fingerprint density at radius 2 is 1.54 bits per heavy atom. The maximum Gasteiger partial charge on any atom is 0.264 e. The van der Waals surface area contributed by atoms with E-state index in [0.717, 1.165) is 9.87 Å². The largest absolute Gasteiger partial charge is 0.497 e. The Hall–Kier alpha value is -3.72. The van der Waals surface area contributed by atoms with Crippen LogP contribution < -0.4 is 23.8 Å². The van der Waals surface area contributed by atoms with Gasteiger partial charge in [0, 0.05) is 6.07 Å². The number of carbonyl (C=O) groups is 1. The highest BCUT2D eigenvalue weighted by atomic mass is 32.2. The van der Waals surface area contributed by atoms with Crippen molar-refractivity contribution in [3.63, 3.8) is 0 Å². The summed E-state index contributed by atoms with van der Waals surface area (Å²) < 4.78 is 44.1. The number of nitrogens with zero attached hydrogens (tertiary/aromatic N) is 1. The fraction of sp³-hybridized carbons (Fsp3) is 0.269. The van der Waals surface area contributed by atoms with Crippen LogP contribution in [-0.4, -0.2) is 42.2 Å². The van der Waals surface area contributed by atoms with Gasteiger partial charge in [-0.05, 0) is 48.4 Å². The molecule has 0 bridgehead atoms. The molecular formula is C26H30N2O6S. The molecule has 0 heterocycles. The van der Waals surface area contributed by atoms with Gasteiger partial charge in [0.05, 0.1) is 38.0 Å². The lowest BCUT2D eigenvalue weighted by molar-refractivity contribution is -0.120. The zero-order valence-electron chi connectivity index (χ0n) is 20.2. The minimum Gasteiger partial charge on any atom is -0.497 e. The number of carbonyl (C=O) groups excluding carboxylic acids is 1. The molecule has 8 nitrogen and oxygen atoms in total. The van der Waals surface area contributed by atoms with E-state index < -0.39 is 22.5 Å². The normalized spacial score (nSPS) is 11.9. The first-order valence-corrected chi connectivity index (χ1v) is 12.5. The van der Waals surface area contributed by atoms with Crippen LogP contribution in [0.1, 0.15) is 24.9 Å². The molecule has 35 heavy (non-hydrogen) atoms. The summed E-state index contributed by atoms with van der Waals surface area (Å²) in [5.74, 6) is 1.07. The highest BCUT2D eigenvalue weighted by molar-refractivity contribution is 7.92. The molecule has 0 aliphatic rings. The van der Waals surface area contributed by atoms with Gasteiger partial charge in [-0.2, -0.15) is 0 Å². The van der Waals surface area contributed by atoms with E-state index in [1.54, 1.807) is 37.4 Å². The standard InChI is InChI=1S/C26H30N2O6S/c1-5-23(19-11-14-21(32-2)15-12-19)27-26(29)18-28(35(30,31)22-9-7-6-8-10-22)20-13-16-24(33-3)25(17-20)34-4/h6-17,23H,5,18H2,1-4H3,(H,27,29)/t23-/m0/s1. The Kier molecular flexibility index (Phi) is 8.59. The maximum absolute atomic E-state index is 13.6. The second-order valence-corrected chi connectivity index (χ2v) is 9.53. The molecule has 3 aromatic rings. The van der Waals surface area contributed by atoms with Crippen molar-refractivity contribution in [2.75, 3.05) is 32.2 Å². The molecule has 3 aromatic carbocycles. The molecule has 1 amide bonds. The van der Waals surface area contributed by atoms with E-state index in [0.29, 0.717) is 23.7 Å². The Bertz CT molecular complexity index is 1230. The molecule has 0 fully saturated rings. The number of nitrogens with one attached hydrogen (secondary N) is 1. The van der Waals surface area contributed by atoms with Crippen molar-refractivity contribution in [3.8, 4) is 17.2 Å². The number of rotatable bonds is 11. The zero-order chi connectivity index (χ0) is 25.4. The Morgan fingerprint density at radius 3 is 2.11 bits per heavy atom. The second-order valence-electron chi connectivity index (χ2n) is 7.67. The van der Waals surface area contributed by atoms with E-state index in [-0.39, 0.29) is 16.6 Å². The van der Waals surface area contributed by atoms with Crippen LogP contribution in [0.3, 0.4) is 0 Å². The van der Waals surface area contributed by atoms with Gasteiger partial charge in [0.1, 0.15) is 12.3 Å². The fourth-order valence-electron chi connectivity index (χ4n) is 3.64. The summed E-state index contributed by atoms with van der Waals surface area (Å²) in [4.78, 5) is 13.2. The van der Waals surface area contributed by atoms with Crippen molar-refractivity contribution in [2.45, 2.75) is 24.3 Å². The van der Waals surface area contributed by atoms with E-state index in [9.17, 15) is 13.2 Å². The zero-order valence-corrected chi connectivity index (χ0v) is 21.0. The van der Waals surface area contributed by atoms with Crippen LogP contribution in [0.15, 0.2) is 77.7 Å². The number of amides is 1. The van der Waals surface area contributed by atoms with Gasteiger partial charge in [-0.3, -0.25) is 9.10 Å². The molecule has 3 rings (SSSR count). The fourth-order valence-corrected chi connectivity index (χ4v) is 5.08. The molecule has 0 spiro atoms. The third-order valence-electron chi connectivity index (χ3n) is 5.54. The number of sulfonamides is 1. The van der Waals surface area contributed by atoms with Crippen LogP contribution in [0, 0.1) is 0 Å². The quantitative estimate of drug-likeness (QED) is 0.426. The van der Waals surface area contributed by atoms with Gasteiger partial charge >= 0.3 is 0 Å². The predicted octanol–water partition coefficient (Wildman–Crippen LogP) is 4.18. The molecule has 0 aliphatic heterocycles. The predicted molar refractivity (Wildman–Crippen MR) is 135 cm³/mol. The van der Waals surface area contributed by atoms with Gasteiger partial charge in [0.15, 0.2) is 11.5 Å². The first kappa shape index (κ1) is 25.9. The molecule has 0 unspecified atom stereocenters. The smallest absolute Gasteiger partial charge is 0.264 e. The summed E-state index contributed by atoms with van der Waals surface area (Å²) >= 11 is 0. The van der Waals surface area contributed by atoms with Crippen molar-refractivity contribution >= 4 is 21.6 Å². The van der Waals surface area contributed by atoms with Crippen molar-refractivity contribution in [3.05, 3.63) is 78.4 Å². The highest BCUT2D eigenvalue weighted by Crippen LogP contribution is 2.33. The van der Waals surface area contributed by atoms with E-state index in [1.165, 1.54) is 32.4 Å². The number of anilines is 1. The lowest BCUT2D eigenvalue weighted by atomic mass is 10.0. The van der Waals surface area contributed by atoms with Gasteiger partial charge in [-0.15, -0.1) is 0 Å². The summed E-state index contributed by atoms with van der Waals surface area (Å²) in [7, 11) is 0.494. The third kappa shape index (κ3) is 6.05. The summed E-state index contributed by atoms with van der Waals surface area (Å²) in [6.45, 7) is 1.53. The Labute approximate surface area is 206 Å². The minimum atomic E-state index is -4.05. The van der Waals surface area contributed by atoms with Crippen molar-refractivity contribution in [2.24, 2.45) is 0 Å². The first-order chi connectivity index (χ1) is 16.8. The first-order valence-electron chi connectivity index (χ1n) is 11.1. The second kappa shape index (κ2) is 11.6. The molecule has 1 N–H and O–H groups in total. The van der Waals surface area contributed by atoms with Gasteiger partial charge < -0.3 is 19.5 Å². The molecule has 0 radical (unpaired) electrons. The van der Waals surface area contributed by atoms with Crippen molar-refractivity contribution < 1.29 is 27.4 Å². The van der Waals surface area contributed by atoms with Crippen molar-refractivity contribution in [1.82, 2.24) is 5.32 Å². The third-order valence-corrected chi connectivity index (χ3v) is 7.32. The number of methoxy groups -OCH3 is 3. The minimum absolute atomic E-state index is 0.0739. The van der Waals surface area contributed by atoms with E-state index in [1.807, 2.05) is 31.2 Å². The number of ether oxygens (including phenoxy) is 3. The molecular weight excluding hydrogens is 468 g/mol. The number of hydrogen-bond donors (Lipinski definition) is 1. The van der Waals surface area contributed by atoms with Gasteiger partial charge in [-0.25, -0.2) is 8.42 Å². The Balaban J connectivity index is 1.94.